The standard InChI is InChI=1S/C12H19N3O4/c1-7-8(2)14-15(4)11(19)9(7)10(18)13-12(3,5-16)6-17/h16-17H,5-6H2,1-4H3,(H,13,18). The third-order valence-corrected chi connectivity index (χ3v) is 3.07. The molecular formula is C12H19N3O4. The second-order valence-corrected chi connectivity index (χ2v) is 4.85. The molecule has 0 radical (unpaired) electrons. The largest absolute Gasteiger partial charge is 0.394 e. The minimum Gasteiger partial charge on any atom is -0.394 e. The lowest BCUT2D eigenvalue weighted by atomic mass is 10.0. The Balaban J connectivity index is 3.25. The van der Waals surface area contributed by atoms with Gasteiger partial charge in [-0.15, -0.1) is 0 Å². The van der Waals surface area contributed by atoms with E-state index in [-0.39, 0.29) is 5.56 Å². The summed E-state index contributed by atoms with van der Waals surface area (Å²) in [6, 6.07) is 0. The Morgan fingerprint density at radius 3 is 2.37 bits per heavy atom. The Morgan fingerprint density at radius 1 is 1.37 bits per heavy atom. The molecule has 0 saturated heterocycles. The summed E-state index contributed by atoms with van der Waals surface area (Å²) in [6.07, 6.45) is 0. The molecule has 1 aromatic heterocycles. The fourth-order valence-electron chi connectivity index (χ4n) is 1.58. The van der Waals surface area contributed by atoms with Crippen LogP contribution in [0.3, 0.4) is 0 Å². The molecule has 7 heteroatoms. The molecule has 1 amide bonds. The van der Waals surface area contributed by atoms with Crippen LogP contribution in [0.4, 0.5) is 0 Å². The summed E-state index contributed by atoms with van der Waals surface area (Å²) in [7, 11) is 1.46. The Hall–Kier alpha value is -1.73. The zero-order valence-electron chi connectivity index (χ0n) is 11.5. The van der Waals surface area contributed by atoms with Crippen molar-refractivity contribution >= 4 is 5.91 Å². The predicted octanol–water partition coefficient (Wildman–Crippen LogP) is -1.13. The quantitative estimate of drug-likeness (QED) is 0.641. The summed E-state index contributed by atoms with van der Waals surface area (Å²) < 4.78 is 1.09. The Labute approximate surface area is 110 Å². The van der Waals surface area contributed by atoms with E-state index in [2.05, 4.69) is 10.4 Å². The van der Waals surface area contributed by atoms with Gasteiger partial charge >= 0.3 is 0 Å². The van der Waals surface area contributed by atoms with Crippen molar-refractivity contribution in [2.24, 2.45) is 7.05 Å². The lowest BCUT2D eigenvalue weighted by Crippen LogP contribution is -2.53. The van der Waals surface area contributed by atoms with Gasteiger partial charge in [-0.25, -0.2) is 4.68 Å². The molecule has 0 atom stereocenters. The predicted molar refractivity (Wildman–Crippen MR) is 69.0 cm³/mol. The van der Waals surface area contributed by atoms with Gasteiger partial charge in [0.25, 0.3) is 11.5 Å². The van der Waals surface area contributed by atoms with Crippen LogP contribution in [0.15, 0.2) is 4.79 Å². The summed E-state index contributed by atoms with van der Waals surface area (Å²) in [5, 5.41) is 24.8. The average Bonchev–Trinajstić information content (AvgIpc) is 2.36. The van der Waals surface area contributed by atoms with Crippen LogP contribution in [0.25, 0.3) is 0 Å². The smallest absolute Gasteiger partial charge is 0.279 e. The van der Waals surface area contributed by atoms with Gasteiger partial charge in [0.1, 0.15) is 5.56 Å². The minimum atomic E-state index is -1.17. The van der Waals surface area contributed by atoms with Crippen molar-refractivity contribution in [1.29, 1.82) is 0 Å². The van der Waals surface area contributed by atoms with E-state index in [4.69, 9.17) is 10.2 Å². The SMILES string of the molecule is Cc1nn(C)c(=O)c(C(=O)NC(C)(CO)CO)c1C. The second-order valence-electron chi connectivity index (χ2n) is 4.85. The molecule has 0 aliphatic heterocycles. The van der Waals surface area contributed by atoms with E-state index >= 15 is 0 Å². The number of hydrogen-bond donors (Lipinski definition) is 3. The van der Waals surface area contributed by atoms with Gasteiger partial charge in [0.05, 0.1) is 24.4 Å². The van der Waals surface area contributed by atoms with Gasteiger partial charge in [0, 0.05) is 7.05 Å². The molecule has 0 bridgehead atoms. The number of aliphatic hydroxyl groups is 2. The van der Waals surface area contributed by atoms with Crippen molar-refractivity contribution in [3.05, 3.63) is 27.2 Å². The molecule has 19 heavy (non-hydrogen) atoms. The highest BCUT2D eigenvalue weighted by atomic mass is 16.3. The van der Waals surface area contributed by atoms with Gasteiger partial charge in [-0.3, -0.25) is 9.59 Å². The number of rotatable bonds is 4. The van der Waals surface area contributed by atoms with E-state index in [9.17, 15) is 9.59 Å². The summed E-state index contributed by atoms with van der Waals surface area (Å²) in [5.41, 5.74) is -0.658. The molecule has 0 spiro atoms. The number of nitrogens with one attached hydrogen (secondary N) is 1. The number of carbonyl (C=O) groups is 1. The zero-order valence-corrected chi connectivity index (χ0v) is 11.5. The Kier molecular flexibility index (Phi) is 4.43. The summed E-state index contributed by atoms with van der Waals surface area (Å²) in [5.74, 6) is -0.630. The molecule has 0 aliphatic rings. The summed E-state index contributed by atoms with van der Waals surface area (Å²) >= 11 is 0. The van der Waals surface area contributed by atoms with Gasteiger partial charge in [0.15, 0.2) is 0 Å². The van der Waals surface area contributed by atoms with Crippen molar-refractivity contribution in [3.63, 3.8) is 0 Å². The maximum atomic E-state index is 12.1. The van der Waals surface area contributed by atoms with Crippen LogP contribution in [0, 0.1) is 13.8 Å². The molecular weight excluding hydrogens is 250 g/mol. The highest BCUT2D eigenvalue weighted by molar-refractivity contribution is 5.95. The Bertz CT molecular complexity index is 547. The first-order valence-electron chi connectivity index (χ1n) is 5.84. The first-order chi connectivity index (χ1) is 8.75. The van der Waals surface area contributed by atoms with Crippen molar-refractivity contribution < 1.29 is 15.0 Å². The van der Waals surface area contributed by atoms with Crippen molar-refractivity contribution in [2.45, 2.75) is 26.3 Å². The lowest BCUT2D eigenvalue weighted by Gasteiger charge is -2.26. The molecule has 0 saturated carbocycles. The first-order valence-corrected chi connectivity index (χ1v) is 5.84. The van der Waals surface area contributed by atoms with E-state index in [1.807, 2.05) is 0 Å². The van der Waals surface area contributed by atoms with Crippen LogP contribution in [0.1, 0.15) is 28.5 Å². The van der Waals surface area contributed by atoms with Gasteiger partial charge in [-0.2, -0.15) is 5.10 Å². The van der Waals surface area contributed by atoms with E-state index in [1.54, 1.807) is 13.8 Å². The highest BCUT2D eigenvalue weighted by Gasteiger charge is 2.28. The average molecular weight is 269 g/mol. The van der Waals surface area contributed by atoms with Crippen LogP contribution >= 0.6 is 0 Å². The number of amides is 1. The van der Waals surface area contributed by atoms with Crippen LogP contribution in [0.5, 0.6) is 0 Å². The topological polar surface area (TPSA) is 104 Å². The number of nitrogens with zero attached hydrogens (tertiary/aromatic N) is 2. The lowest BCUT2D eigenvalue weighted by molar-refractivity contribution is 0.0721. The highest BCUT2D eigenvalue weighted by Crippen LogP contribution is 2.08. The molecule has 1 aromatic rings. The maximum absolute atomic E-state index is 12.1. The van der Waals surface area contributed by atoms with Gasteiger partial charge in [-0.1, -0.05) is 0 Å². The molecule has 0 unspecified atom stereocenters. The third kappa shape index (κ3) is 2.99. The van der Waals surface area contributed by atoms with Gasteiger partial charge in [-0.05, 0) is 26.3 Å². The maximum Gasteiger partial charge on any atom is 0.279 e. The molecule has 106 valence electrons. The first kappa shape index (κ1) is 15.3. The number of hydrogen-bond acceptors (Lipinski definition) is 5. The number of aromatic nitrogens is 2. The van der Waals surface area contributed by atoms with E-state index < -0.39 is 30.2 Å². The number of aliphatic hydroxyl groups excluding tert-OH is 2. The van der Waals surface area contributed by atoms with Crippen LogP contribution in [0.2, 0.25) is 0 Å². The molecule has 0 fully saturated rings. The van der Waals surface area contributed by atoms with E-state index in [1.165, 1.54) is 14.0 Å². The van der Waals surface area contributed by atoms with E-state index in [0.29, 0.717) is 11.3 Å². The van der Waals surface area contributed by atoms with Gasteiger partial charge in [0.2, 0.25) is 0 Å². The van der Waals surface area contributed by atoms with Crippen LogP contribution in [-0.4, -0.2) is 44.7 Å². The third-order valence-electron chi connectivity index (χ3n) is 3.07. The van der Waals surface area contributed by atoms with Crippen molar-refractivity contribution in [1.82, 2.24) is 15.1 Å². The van der Waals surface area contributed by atoms with Gasteiger partial charge < -0.3 is 15.5 Å². The summed E-state index contributed by atoms with van der Waals surface area (Å²) in [4.78, 5) is 24.1. The molecule has 1 heterocycles. The van der Waals surface area contributed by atoms with Crippen LogP contribution < -0.4 is 10.9 Å². The summed E-state index contributed by atoms with van der Waals surface area (Å²) in [6.45, 7) is 3.95. The zero-order chi connectivity index (χ0) is 14.8. The molecule has 0 aromatic carbocycles. The fraction of sp³-hybridized carbons (Fsp3) is 0.583. The second kappa shape index (κ2) is 5.50. The number of carbonyl (C=O) groups excluding carboxylic acids is 1. The van der Waals surface area contributed by atoms with Crippen molar-refractivity contribution in [2.75, 3.05) is 13.2 Å². The molecule has 1 rings (SSSR count). The van der Waals surface area contributed by atoms with Crippen molar-refractivity contribution in [3.8, 4) is 0 Å². The molecule has 0 aliphatic carbocycles. The normalized spacial score (nSPS) is 11.5. The van der Waals surface area contributed by atoms with E-state index in [0.717, 1.165) is 4.68 Å². The molecule has 3 N–H and O–H groups in total. The minimum absolute atomic E-state index is 0.0249. The monoisotopic (exact) mass is 269 g/mol. The molecule has 7 nitrogen and oxygen atoms in total. The van der Waals surface area contributed by atoms with Crippen LogP contribution in [-0.2, 0) is 7.05 Å². The fourth-order valence-corrected chi connectivity index (χ4v) is 1.58. The Morgan fingerprint density at radius 2 is 1.89 bits per heavy atom. The number of aryl methyl sites for hydroxylation is 2.